The highest BCUT2D eigenvalue weighted by Crippen LogP contribution is 2.10. The summed E-state index contributed by atoms with van der Waals surface area (Å²) in [5.41, 5.74) is 7.67. The third-order valence-corrected chi connectivity index (χ3v) is 2.62. The van der Waals surface area contributed by atoms with Crippen LogP contribution in [0.3, 0.4) is 0 Å². The molecule has 0 spiro atoms. The molecule has 1 atom stereocenters. The predicted molar refractivity (Wildman–Crippen MR) is 78.4 cm³/mol. The van der Waals surface area contributed by atoms with Crippen LogP contribution in [0.4, 0.5) is 0 Å². The van der Waals surface area contributed by atoms with Crippen LogP contribution >= 0.6 is 0 Å². The minimum absolute atomic E-state index is 0.196. The molecule has 0 unspecified atom stereocenters. The molecule has 5 nitrogen and oxygen atoms in total. The van der Waals surface area contributed by atoms with Gasteiger partial charge in [-0.25, -0.2) is 0 Å². The number of nitrogens with one attached hydrogen (secondary N) is 1. The molecular formula is C15H22N2O3. The highest BCUT2D eigenvalue weighted by atomic mass is 16.5. The van der Waals surface area contributed by atoms with Crippen molar-refractivity contribution in [3.8, 4) is 5.75 Å². The maximum absolute atomic E-state index is 11.8. The Morgan fingerprint density at radius 2 is 2.10 bits per heavy atom. The minimum atomic E-state index is -0.610. The molecule has 1 aromatic carbocycles. The number of hydrogen-bond acceptors (Lipinski definition) is 4. The van der Waals surface area contributed by atoms with Gasteiger partial charge in [0.1, 0.15) is 5.75 Å². The van der Waals surface area contributed by atoms with Gasteiger partial charge in [0.25, 0.3) is 0 Å². The smallest absolute Gasteiger partial charge is 0.237 e. The van der Waals surface area contributed by atoms with Crippen molar-refractivity contribution >= 4 is 5.91 Å². The van der Waals surface area contributed by atoms with Gasteiger partial charge in [0.2, 0.25) is 5.91 Å². The number of benzene rings is 1. The monoisotopic (exact) mass is 278 g/mol. The summed E-state index contributed by atoms with van der Waals surface area (Å²) < 4.78 is 5.27. The van der Waals surface area contributed by atoms with Crippen molar-refractivity contribution in [3.05, 3.63) is 42.0 Å². The quantitative estimate of drug-likeness (QED) is 0.488. The molecule has 1 rings (SSSR count). The van der Waals surface area contributed by atoms with E-state index in [4.69, 9.17) is 10.5 Å². The summed E-state index contributed by atoms with van der Waals surface area (Å²) in [4.78, 5) is 11.8. The van der Waals surface area contributed by atoms with E-state index in [-0.39, 0.29) is 11.7 Å². The molecule has 110 valence electrons. The molecule has 0 aliphatic carbocycles. The number of rotatable bonds is 8. The number of nitrogens with two attached hydrogens (primary N) is 1. The lowest BCUT2D eigenvalue weighted by Gasteiger charge is -2.12. The van der Waals surface area contributed by atoms with E-state index in [0.717, 1.165) is 11.1 Å². The second-order valence-electron chi connectivity index (χ2n) is 4.78. The molecule has 0 radical (unpaired) electrons. The second kappa shape index (κ2) is 8.35. The Kier molecular flexibility index (Phi) is 6.76. The van der Waals surface area contributed by atoms with Gasteiger partial charge in [-0.15, -0.1) is 0 Å². The zero-order valence-electron chi connectivity index (χ0n) is 11.8. The number of ether oxygens (including phenoxy) is 1. The molecule has 5 heteroatoms. The summed E-state index contributed by atoms with van der Waals surface area (Å²) >= 11 is 0. The van der Waals surface area contributed by atoms with E-state index in [1.165, 1.54) is 0 Å². The van der Waals surface area contributed by atoms with Gasteiger partial charge in [0.05, 0.1) is 19.3 Å². The molecule has 1 aromatic rings. The van der Waals surface area contributed by atoms with Crippen molar-refractivity contribution in [3.63, 3.8) is 0 Å². The van der Waals surface area contributed by atoms with E-state index in [2.05, 4.69) is 11.9 Å². The lowest BCUT2D eigenvalue weighted by atomic mass is 10.1. The Hall–Kier alpha value is -1.85. The molecular weight excluding hydrogens is 256 g/mol. The van der Waals surface area contributed by atoms with Crippen LogP contribution < -0.4 is 11.1 Å². The summed E-state index contributed by atoms with van der Waals surface area (Å²) in [5.74, 6) is -0.0153. The van der Waals surface area contributed by atoms with Crippen LogP contribution in [0.5, 0.6) is 5.75 Å². The number of carbonyl (C=O) groups is 1. The van der Waals surface area contributed by atoms with Crippen molar-refractivity contribution in [1.82, 2.24) is 5.32 Å². The number of amides is 1. The van der Waals surface area contributed by atoms with E-state index < -0.39 is 6.04 Å². The summed E-state index contributed by atoms with van der Waals surface area (Å²) in [6.45, 7) is 6.96. The Bertz CT molecular complexity index is 443. The molecule has 0 aromatic heterocycles. The van der Waals surface area contributed by atoms with Gasteiger partial charge in [0, 0.05) is 6.54 Å². The zero-order chi connectivity index (χ0) is 15.0. The Morgan fingerprint density at radius 3 is 2.70 bits per heavy atom. The van der Waals surface area contributed by atoms with E-state index in [9.17, 15) is 9.90 Å². The molecule has 1 amide bonds. The first kappa shape index (κ1) is 16.2. The van der Waals surface area contributed by atoms with Gasteiger partial charge < -0.3 is 20.9 Å². The lowest BCUT2D eigenvalue weighted by molar-refractivity contribution is -0.122. The average Bonchev–Trinajstić information content (AvgIpc) is 2.40. The largest absolute Gasteiger partial charge is 0.508 e. The van der Waals surface area contributed by atoms with Gasteiger partial charge in [0.15, 0.2) is 0 Å². The average molecular weight is 278 g/mol. The first-order valence-corrected chi connectivity index (χ1v) is 6.52. The SMILES string of the molecule is C=C(C)COCCNC(=O)[C@H](N)Cc1ccc(O)cc1. The van der Waals surface area contributed by atoms with Crippen molar-refractivity contribution in [2.24, 2.45) is 5.73 Å². The van der Waals surface area contributed by atoms with Crippen molar-refractivity contribution < 1.29 is 14.6 Å². The van der Waals surface area contributed by atoms with E-state index in [1.807, 2.05) is 6.92 Å². The Morgan fingerprint density at radius 1 is 1.45 bits per heavy atom. The van der Waals surface area contributed by atoms with E-state index in [0.29, 0.717) is 26.2 Å². The van der Waals surface area contributed by atoms with E-state index in [1.54, 1.807) is 24.3 Å². The van der Waals surface area contributed by atoms with Crippen LogP contribution in [0.1, 0.15) is 12.5 Å². The first-order chi connectivity index (χ1) is 9.49. The number of phenolic OH excluding ortho intramolecular Hbond substituents is 1. The molecule has 0 fully saturated rings. The number of hydrogen-bond donors (Lipinski definition) is 3. The number of carbonyl (C=O) groups excluding carboxylic acids is 1. The minimum Gasteiger partial charge on any atom is -0.508 e. The third-order valence-electron chi connectivity index (χ3n) is 2.62. The van der Waals surface area contributed by atoms with Crippen LogP contribution in [0.2, 0.25) is 0 Å². The third kappa shape index (κ3) is 6.36. The summed E-state index contributed by atoms with van der Waals surface area (Å²) in [7, 11) is 0. The molecule has 20 heavy (non-hydrogen) atoms. The summed E-state index contributed by atoms with van der Waals surface area (Å²) in [5, 5.41) is 11.9. The van der Waals surface area contributed by atoms with E-state index >= 15 is 0 Å². The predicted octanol–water partition coefficient (Wildman–Crippen LogP) is 0.971. The second-order valence-corrected chi connectivity index (χ2v) is 4.78. The van der Waals surface area contributed by atoms with Crippen molar-refractivity contribution in [2.45, 2.75) is 19.4 Å². The zero-order valence-corrected chi connectivity index (χ0v) is 11.8. The molecule has 0 aliphatic heterocycles. The highest BCUT2D eigenvalue weighted by Gasteiger charge is 2.13. The van der Waals surface area contributed by atoms with Crippen LogP contribution in [-0.4, -0.2) is 36.8 Å². The van der Waals surface area contributed by atoms with Gasteiger partial charge in [-0.2, -0.15) is 0 Å². The van der Waals surface area contributed by atoms with Gasteiger partial charge in [-0.05, 0) is 31.0 Å². The van der Waals surface area contributed by atoms with Gasteiger partial charge in [-0.3, -0.25) is 4.79 Å². The Labute approximate surface area is 119 Å². The normalized spacial score (nSPS) is 11.9. The van der Waals surface area contributed by atoms with Crippen LogP contribution in [0, 0.1) is 0 Å². The topological polar surface area (TPSA) is 84.6 Å². The van der Waals surface area contributed by atoms with Crippen molar-refractivity contribution in [1.29, 1.82) is 0 Å². The highest BCUT2D eigenvalue weighted by molar-refractivity contribution is 5.81. The molecule has 0 aliphatic rings. The standard InChI is InChI=1S/C15H22N2O3/c1-11(2)10-20-8-7-17-15(19)14(16)9-12-3-5-13(18)6-4-12/h3-6,14,18H,1,7-10,16H2,2H3,(H,17,19)/t14-/m1/s1. The summed E-state index contributed by atoms with van der Waals surface area (Å²) in [6.07, 6.45) is 0.429. The summed E-state index contributed by atoms with van der Waals surface area (Å²) in [6, 6.07) is 6.04. The van der Waals surface area contributed by atoms with Crippen LogP contribution in [0.25, 0.3) is 0 Å². The van der Waals surface area contributed by atoms with Crippen molar-refractivity contribution in [2.75, 3.05) is 19.8 Å². The fourth-order valence-electron chi connectivity index (χ4n) is 1.60. The molecule has 0 saturated carbocycles. The van der Waals surface area contributed by atoms with Crippen LogP contribution in [-0.2, 0) is 16.0 Å². The first-order valence-electron chi connectivity index (χ1n) is 6.52. The Balaban J connectivity index is 2.25. The molecule has 0 heterocycles. The lowest BCUT2D eigenvalue weighted by Crippen LogP contribution is -2.43. The van der Waals surface area contributed by atoms with Gasteiger partial charge >= 0.3 is 0 Å². The maximum atomic E-state index is 11.8. The maximum Gasteiger partial charge on any atom is 0.237 e. The fraction of sp³-hybridized carbons (Fsp3) is 0.400. The molecule has 0 saturated heterocycles. The van der Waals surface area contributed by atoms with Gasteiger partial charge in [-0.1, -0.05) is 24.3 Å². The number of phenols is 1. The fourth-order valence-corrected chi connectivity index (χ4v) is 1.60. The molecule has 4 N–H and O–H groups in total. The van der Waals surface area contributed by atoms with Crippen LogP contribution in [0.15, 0.2) is 36.4 Å². The molecule has 0 bridgehead atoms. The number of aromatic hydroxyl groups is 1.